The van der Waals surface area contributed by atoms with Gasteiger partial charge in [-0.1, -0.05) is 0 Å². The molecule has 0 fully saturated rings. The molecule has 2 aromatic rings. The van der Waals surface area contributed by atoms with Crippen LogP contribution in [0.3, 0.4) is 0 Å². The van der Waals surface area contributed by atoms with Crippen LogP contribution in [0.1, 0.15) is 11.1 Å². The Kier molecular flexibility index (Phi) is 6.03. The summed E-state index contributed by atoms with van der Waals surface area (Å²) in [6.45, 7) is 0. The van der Waals surface area contributed by atoms with Gasteiger partial charge in [0.05, 0.1) is 20.7 Å². The number of benzene rings is 2. The molecule has 2 atom stereocenters. The number of ether oxygens (including phenoxy) is 1. The van der Waals surface area contributed by atoms with Crippen molar-refractivity contribution in [1.29, 1.82) is 0 Å². The van der Waals surface area contributed by atoms with E-state index in [1.165, 1.54) is 24.3 Å². The van der Waals surface area contributed by atoms with Crippen molar-refractivity contribution in [2.75, 3.05) is 0 Å². The highest BCUT2D eigenvalue weighted by molar-refractivity contribution is 7.94. The van der Waals surface area contributed by atoms with Gasteiger partial charge in [0.25, 0.3) is 32.8 Å². The summed E-state index contributed by atoms with van der Waals surface area (Å²) in [5.74, 6) is 0. The smallest absolute Gasteiger partial charge is 0.269 e. The van der Waals surface area contributed by atoms with Gasteiger partial charge in [-0.05, 0) is 47.5 Å². The Morgan fingerprint density at radius 1 is 0.697 bits per heavy atom. The molecule has 0 N–H and O–H groups in total. The molecule has 2 aliphatic rings. The molecule has 0 spiro atoms. The maximum atomic E-state index is 10.9. The third kappa shape index (κ3) is 4.25. The van der Waals surface area contributed by atoms with Crippen molar-refractivity contribution in [2.24, 2.45) is 0 Å². The predicted molar refractivity (Wildman–Crippen MR) is 125 cm³/mol. The van der Waals surface area contributed by atoms with Crippen LogP contribution in [-0.4, -0.2) is 9.85 Å². The lowest BCUT2D eigenvalue weighted by Crippen LogP contribution is -2.03. The van der Waals surface area contributed by atoms with E-state index in [1.807, 2.05) is 0 Å². The quantitative estimate of drug-likeness (QED) is 0.258. The summed E-state index contributed by atoms with van der Waals surface area (Å²) in [4.78, 5) is 20.9. The van der Waals surface area contributed by atoms with Crippen LogP contribution in [0, 0.1) is 20.2 Å². The highest BCUT2D eigenvalue weighted by atomic mass is 32.2. The van der Waals surface area contributed by atoms with Crippen molar-refractivity contribution in [3.8, 4) is 0 Å². The van der Waals surface area contributed by atoms with Gasteiger partial charge in [0, 0.05) is 35.4 Å². The molecule has 164 valence electrons. The lowest BCUT2D eigenvalue weighted by Gasteiger charge is -2.09. The van der Waals surface area contributed by atoms with Gasteiger partial charge < -0.3 is 15.8 Å². The fourth-order valence-corrected chi connectivity index (χ4v) is 5.36. The number of nitrogens with zero attached hydrogens (tertiary/aromatic N) is 6. The molecule has 0 radical (unpaired) electrons. The Hall–Kier alpha value is -4.28. The lowest BCUT2D eigenvalue weighted by molar-refractivity contribution is -0.385. The summed E-state index contributed by atoms with van der Waals surface area (Å²) >= 11 is 0. The van der Waals surface area contributed by atoms with Gasteiger partial charge >= 0.3 is 0 Å². The summed E-state index contributed by atoms with van der Waals surface area (Å²) in [6, 6.07) is 11.6. The van der Waals surface area contributed by atoms with Gasteiger partial charge in [0.1, 0.15) is 0 Å². The fourth-order valence-electron chi connectivity index (χ4n) is 3.11. The Labute approximate surface area is 190 Å². The predicted octanol–water partition coefficient (Wildman–Crippen LogP) is 4.39. The molecule has 0 bridgehead atoms. The van der Waals surface area contributed by atoms with Gasteiger partial charge in [0.15, 0.2) is 0 Å². The number of hydrogen-bond donors (Lipinski definition) is 0. The average molecular weight is 480 g/mol. The molecule has 13 heteroatoms. The number of non-ortho nitro benzene ring substituents is 2. The van der Waals surface area contributed by atoms with E-state index in [0.29, 0.717) is 22.3 Å². The Morgan fingerprint density at radius 2 is 1.06 bits per heavy atom. The second-order valence-electron chi connectivity index (χ2n) is 6.51. The monoisotopic (exact) mass is 480 g/mol. The molecule has 11 nitrogen and oxygen atoms in total. The van der Waals surface area contributed by atoms with Crippen LogP contribution in [0.4, 0.5) is 11.4 Å². The third-order valence-corrected chi connectivity index (χ3v) is 7.19. The fraction of sp³-hybridized carbons (Fsp3) is 0. The molecule has 0 saturated carbocycles. The molecule has 2 unspecified atom stereocenters. The molecule has 2 aromatic carbocycles. The van der Waals surface area contributed by atoms with E-state index in [9.17, 15) is 31.3 Å². The van der Waals surface area contributed by atoms with Crippen LogP contribution < -0.4 is 8.32 Å². The Bertz CT molecular complexity index is 1320. The molecule has 4 rings (SSSR count). The number of rotatable bonds is 6. The van der Waals surface area contributed by atoms with Crippen molar-refractivity contribution in [2.45, 2.75) is 0 Å². The molecule has 0 amide bonds. The van der Waals surface area contributed by atoms with Gasteiger partial charge in [-0.15, -0.1) is 8.32 Å². The van der Waals surface area contributed by atoms with E-state index >= 15 is 0 Å². The second kappa shape index (κ2) is 9.07. The van der Waals surface area contributed by atoms with E-state index in [-0.39, 0.29) is 21.6 Å². The Morgan fingerprint density at radius 3 is 1.36 bits per heavy atom. The Balaban J connectivity index is 1.80. The molecule has 2 heterocycles. The SMILES string of the molecule is [N-]=[N+]=S1C=CC(c2ccc([N+](=O)[O-])cc2)=C1OC1=C(c2ccc([N+](=O)[O-])cc2)C=CS1=[N+]=[N-]. The van der Waals surface area contributed by atoms with Gasteiger partial charge in [-0.25, -0.2) is 0 Å². The molecule has 33 heavy (non-hydrogen) atoms. The first-order valence-electron chi connectivity index (χ1n) is 9.12. The van der Waals surface area contributed by atoms with Crippen LogP contribution in [-0.2, 0) is 26.1 Å². The summed E-state index contributed by atoms with van der Waals surface area (Å²) in [7, 11) is -2.31. The first kappa shape index (κ1) is 21.9. The van der Waals surface area contributed by atoms with Crippen molar-refractivity contribution in [1.82, 2.24) is 8.32 Å². The van der Waals surface area contributed by atoms with Gasteiger partial charge in [-0.3, -0.25) is 20.2 Å². The first-order valence-corrected chi connectivity index (χ1v) is 11.6. The van der Waals surface area contributed by atoms with Crippen LogP contribution in [0.25, 0.3) is 22.2 Å². The average Bonchev–Trinajstić information content (AvgIpc) is 3.43. The van der Waals surface area contributed by atoms with Crippen molar-refractivity contribution in [3.63, 3.8) is 0 Å². The summed E-state index contributed by atoms with van der Waals surface area (Å²) in [5, 5.41) is 25.7. The number of hydrogen-bond acceptors (Lipinski definition) is 5. The molecular weight excluding hydrogens is 468 g/mol. The molecule has 0 aliphatic carbocycles. The van der Waals surface area contributed by atoms with Crippen molar-refractivity contribution >= 4 is 43.9 Å². The molecular formula is C20H12N6O5S2. The summed E-state index contributed by atoms with van der Waals surface area (Å²) in [5.41, 5.74) is 21.2. The standard InChI is InChI=1S/C20H12N6O5S2/c21-23-32-11-9-17(13-1-5-15(6-2-13)25(27)28)19(32)31-20-18(10-12-33(20)24-22)14-3-7-16(8-4-14)26(29)30/h1-12H. The van der Waals surface area contributed by atoms with Crippen LogP contribution in [0.15, 0.2) is 81.7 Å². The number of nitro benzene ring substituents is 2. The lowest BCUT2D eigenvalue weighted by atomic mass is 10.1. The van der Waals surface area contributed by atoms with E-state index in [1.54, 1.807) is 47.2 Å². The largest absolute Gasteiger partial charge is 0.429 e. The zero-order valence-electron chi connectivity index (χ0n) is 16.5. The maximum absolute atomic E-state index is 10.9. The number of allylic oxidation sites excluding steroid dienone is 4. The van der Waals surface area contributed by atoms with Crippen molar-refractivity contribution < 1.29 is 14.6 Å². The molecule has 0 aromatic heterocycles. The summed E-state index contributed by atoms with van der Waals surface area (Å²) < 4.78 is 12.9. The van der Waals surface area contributed by atoms with E-state index in [4.69, 9.17) is 4.74 Å². The minimum atomic E-state index is -1.16. The maximum Gasteiger partial charge on any atom is 0.269 e. The van der Waals surface area contributed by atoms with Crippen LogP contribution >= 0.6 is 0 Å². The zero-order chi connectivity index (χ0) is 23.5. The van der Waals surface area contributed by atoms with Gasteiger partial charge in [-0.2, -0.15) is 0 Å². The van der Waals surface area contributed by atoms with E-state index in [0.717, 1.165) is 0 Å². The minimum Gasteiger partial charge on any atom is -0.429 e. The topological polar surface area (TPSA) is 168 Å². The minimum absolute atomic E-state index is 0.0709. The highest BCUT2D eigenvalue weighted by Crippen LogP contribution is 2.37. The molecule has 0 saturated heterocycles. The highest BCUT2D eigenvalue weighted by Gasteiger charge is 2.32. The second-order valence-corrected chi connectivity index (χ2v) is 9.38. The molecule has 2 aliphatic heterocycles. The normalized spacial score (nSPS) is 18.9. The van der Waals surface area contributed by atoms with E-state index < -0.39 is 31.2 Å². The zero-order valence-corrected chi connectivity index (χ0v) is 18.1. The van der Waals surface area contributed by atoms with Crippen LogP contribution in [0.2, 0.25) is 0 Å². The van der Waals surface area contributed by atoms with Crippen LogP contribution in [0.5, 0.6) is 0 Å². The first-order chi connectivity index (χ1) is 15.9. The summed E-state index contributed by atoms with van der Waals surface area (Å²) in [6.07, 6.45) is 3.37. The van der Waals surface area contributed by atoms with E-state index in [2.05, 4.69) is 8.32 Å². The third-order valence-electron chi connectivity index (χ3n) is 4.69. The van der Waals surface area contributed by atoms with Gasteiger partial charge in [0.2, 0.25) is 10.2 Å². The number of nitro groups is 2. The van der Waals surface area contributed by atoms with Crippen molar-refractivity contribution in [3.05, 3.63) is 124 Å².